The van der Waals surface area contributed by atoms with Gasteiger partial charge in [0.15, 0.2) is 35.1 Å². The molecule has 37 heavy (non-hydrogen) atoms. The number of ether oxygens (including phenoxy) is 7. The first-order valence-corrected chi connectivity index (χ1v) is 11.7. The van der Waals surface area contributed by atoms with Gasteiger partial charge in [0.1, 0.15) is 24.4 Å². The molecule has 0 aliphatic carbocycles. The van der Waals surface area contributed by atoms with Gasteiger partial charge in [-0.05, 0) is 37.3 Å². The van der Waals surface area contributed by atoms with Gasteiger partial charge in [-0.25, -0.2) is 0 Å². The first-order chi connectivity index (χ1) is 17.7. The summed E-state index contributed by atoms with van der Waals surface area (Å²) in [6, 6.07) is 8.98. The zero-order valence-electron chi connectivity index (χ0n) is 21.3. The minimum absolute atomic E-state index is 0.0911. The summed E-state index contributed by atoms with van der Waals surface area (Å²) in [7, 11) is 4.51. The Morgan fingerprint density at radius 3 is 2.24 bits per heavy atom. The first-order valence-electron chi connectivity index (χ1n) is 11.7. The summed E-state index contributed by atoms with van der Waals surface area (Å²) in [6.45, 7) is 2.87. The summed E-state index contributed by atoms with van der Waals surface area (Å²) in [6.07, 6.45) is -4.62. The molecule has 2 N–H and O–H groups in total. The second-order valence-corrected chi connectivity index (χ2v) is 8.68. The standard InChI is InChI=1S/C26H31NO10/c1-13(28)15-6-9-18(20(10-15)33-5)35-26-22(27-14(2)29)23(30)24-21(36-26)12-34-25(37-24)16-7-8-17(31-3)19(11-16)32-4/h6-11,21-26,30H,12H2,1-5H3,(H,27,29). The molecule has 11 nitrogen and oxygen atoms in total. The lowest BCUT2D eigenvalue weighted by Crippen LogP contribution is -2.67. The first kappa shape index (κ1) is 26.7. The van der Waals surface area contributed by atoms with Crippen molar-refractivity contribution < 1.29 is 47.9 Å². The number of benzene rings is 2. The Bertz CT molecular complexity index is 1140. The molecule has 0 bridgehead atoms. The summed E-state index contributed by atoms with van der Waals surface area (Å²) >= 11 is 0. The average Bonchev–Trinajstić information content (AvgIpc) is 2.90. The van der Waals surface area contributed by atoms with E-state index in [1.54, 1.807) is 43.5 Å². The molecular weight excluding hydrogens is 486 g/mol. The van der Waals surface area contributed by atoms with Gasteiger partial charge in [-0.1, -0.05) is 6.07 Å². The largest absolute Gasteiger partial charge is 0.493 e. The Morgan fingerprint density at radius 2 is 1.59 bits per heavy atom. The Hall–Kier alpha value is -3.38. The molecule has 1 amide bonds. The lowest BCUT2D eigenvalue weighted by atomic mass is 9.95. The maximum Gasteiger partial charge on any atom is 0.223 e. The fraction of sp³-hybridized carbons (Fsp3) is 0.462. The topological polar surface area (TPSA) is 131 Å². The third kappa shape index (κ3) is 5.64. The molecule has 2 aromatic carbocycles. The van der Waals surface area contributed by atoms with Crippen molar-refractivity contribution in [3.05, 3.63) is 47.5 Å². The van der Waals surface area contributed by atoms with E-state index in [2.05, 4.69) is 5.32 Å². The smallest absolute Gasteiger partial charge is 0.223 e. The lowest BCUT2D eigenvalue weighted by molar-refractivity contribution is -0.333. The van der Waals surface area contributed by atoms with Gasteiger partial charge in [0.25, 0.3) is 0 Å². The number of Topliss-reactive ketones (excluding diaryl/α,β-unsaturated/α-hetero) is 1. The van der Waals surface area contributed by atoms with Crippen LogP contribution in [0.3, 0.4) is 0 Å². The van der Waals surface area contributed by atoms with E-state index in [-0.39, 0.29) is 24.0 Å². The van der Waals surface area contributed by atoms with Gasteiger partial charge < -0.3 is 43.6 Å². The van der Waals surface area contributed by atoms with Crippen molar-refractivity contribution in [2.24, 2.45) is 0 Å². The van der Waals surface area contributed by atoms with E-state index in [4.69, 9.17) is 33.2 Å². The maximum atomic E-state index is 12.0. The molecule has 0 aromatic heterocycles. The number of aliphatic hydroxyl groups is 1. The highest BCUT2D eigenvalue weighted by Gasteiger charge is 2.51. The van der Waals surface area contributed by atoms with Crippen molar-refractivity contribution in [3.63, 3.8) is 0 Å². The highest BCUT2D eigenvalue weighted by atomic mass is 16.7. The van der Waals surface area contributed by atoms with Crippen LogP contribution in [0.4, 0.5) is 0 Å². The number of aliphatic hydroxyl groups excluding tert-OH is 1. The van der Waals surface area contributed by atoms with Crippen LogP contribution in [0.5, 0.6) is 23.0 Å². The van der Waals surface area contributed by atoms with Gasteiger partial charge in [0.05, 0.1) is 27.9 Å². The van der Waals surface area contributed by atoms with Crippen LogP contribution in [-0.2, 0) is 19.0 Å². The number of rotatable bonds is 8. The Morgan fingerprint density at radius 1 is 0.919 bits per heavy atom. The number of methoxy groups -OCH3 is 3. The average molecular weight is 518 g/mol. The zero-order valence-corrected chi connectivity index (χ0v) is 21.3. The van der Waals surface area contributed by atoms with Crippen LogP contribution in [0.1, 0.15) is 36.1 Å². The number of nitrogens with one attached hydrogen (secondary N) is 1. The molecule has 6 atom stereocenters. The molecule has 200 valence electrons. The third-order valence-electron chi connectivity index (χ3n) is 6.23. The molecule has 0 spiro atoms. The van der Waals surface area contributed by atoms with Crippen LogP contribution in [0.15, 0.2) is 36.4 Å². The fourth-order valence-corrected chi connectivity index (χ4v) is 4.36. The van der Waals surface area contributed by atoms with Gasteiger partial charge in [-0.2, -0.15) is 0 Å². The van der Waals surface area contributed by atoms with Gasteiger partial charge >= 0.3 is 0 Å². The van der Waals surface area contributed by atoms with E-state index >= 15 is 0 Å². The number of carbonyl (C=O) groups excluding carboxylic acids is 2. The number of hydrogen-bond acceptors (Lipinski definition) is 10. The van der Waals surface area contributed by atoms with E-state index in [9.17, 15) is 14.7 Å². The highest BCUT2D eigenvalue weighted by molar-refractivity contribution is 5.94. The van der Waals surface area contributed by atoms with E-state index in [1.165, 1.54) is 28.1 Å². The van der Waals surface area contributed by atoms with Crippen molar-refractivity contribution in [3.8, 4) is 23.0 Å². The summed E-state index contributed by atoms with van der Waals surface area (Å²) in [5, 5.41) is 14.0. The number of carbonyl (C=O) groups is 2. The van der Waals surface area contributed by atoms with Crippen LogP contribution in [0, 0.1) is 0 Å². The number of fused-ring (bicyclic) bond motifs is 1. The van der Waals surface area contributed by atoms with Crippen molar-refractivity contribution in [2.45, 2.75) is 50.8 Å². The number of ketones is 1. The van der Waals surface area contributed by atoms with Crippen molar-refractivity contribution >= 4 is 11.7 Å². The minimum atomic E-state index is -1.19. The van der Waals surface area contributed by atoms with Crippen molar-refractivity contribution in [1.29, 1.82) is 0 Å². The van der Waals surface area contributed by atoms with E-state index in [0.29, 0.717) is 28.4 Å². The molecular formula is C26H31NO10. The Labute approximate surface area is 214 Å². The van der Waals surface area contributed by atoms with Gasteiger partial charge in [0.2, 0.25) is 12.2 Å². The fourth-order valence-electron chi connectivity index (χ4n) is 4.36. The summed E-state index contributed by atoms with van der Waals surface area (Å²) in [4.78, 5) is 23.7. The second-order valence-electron chi connectivity index (χ2n) is 8.68. The van der Waals surface area contributed by atoms with Crippen LogP contribution in [0.25, 0.3) is 0 Å². The van der Waals surface area contributed by atoms with E-state index in [0.717, 1.165) is 0 Å². The molecule has 11 heteroatoms. The van der Waals surface area contributed by atoms with Crippen LogP contribution in [-0.4, -0.2) is 75.4 Å². The van der Waals surface area contributed by atoms with Crippen LogP contribution < -0.4 is 24.3 Å². The van der Waals surface area contributed by atoms with E-state index in [1.807, 2.05) is 0 Å². The maximum absolute atomic E-state index is 12.0. The van der Waals surface area contributed by atoms with Gasteiger partial charge in [-0.15, -0.1) is 0 Å². The molecule has 0 radical (unpaired) electrons. The van der Waals surface area contributed by atoms with E-state index < -0.39 is 36.9 Å². The third-order valence-corrected chi connectivity index (χ3v) is 6.23. The molecule has 2 aromatic rings. The molecule has 2 saturated heterocycles. The molecule has 4 rings (SSSR count). The Balaban J connectivity index is 1.56. The normalized spacial score (nSPS) is 27.0. The Kier molecular flexibility index (Phi) is 8.18. The molecule has 2 aliphatic heterocycles. The summed E-state index contributed by atoms with van der Waals surface area (Å²) in [5.74, 6) is 1.12. The summed E-state index contributed by atoms with van der Waals surface area (Å²) in [5.41, 5.74) is 1.11. The van der Waals surface area contributed by atoms with Gasteiger partial charge in [-0.3, -0.25) is 9.59 Å². The van der Waals surface area contributed by atoms with Crippen molar-refractivity contribution in [2.75, 3.05) is 27.9 Å². The second kappa shape index (κ2) is 11.3. The minimum Gasteiger partial charge on any atom is -0.493 e. The highest BCUT2D eigenvalue weighted by Crippen LogP contribution is 2.38. The predicted molar refractivity (Wildman–Crippen MR) is 129 cm³/mol. The van der Waals surface area contributed by atoms with Crippen LogP contribution >= 0.6 is 0 Å². The van der Waals surface area contributed by atoms with Gasteiger partial charge in [0, 0.05) is 18.1 Å². The molecule has 2 aliphatic rings. The number of hydrogen-bond donors (Lipinski definition) is 2. The zero-order chi connectivity index (χ0) is 26.7. The molecule has 0 saturated carbocycles. The van der Waals surface area contributed by atoms with Crippen molar-refractivity contribution in [1.82, 2.24) is 5.32 Å². The molecule has 2 fully saturated rings. The SMILES string of the molecule is COc1ccc(C2OCC3OC(Oc4ccc(C(C)=O)cc4OC)C(NC(C)=O)C(O)C3O2)cc1OC. The molecule has 6 unspecified atom stereocenters. The molecule has 2 heterocycles. The van der Waals surface area contributed by atoms with Crippen LogP contribution in [0.2, 0.25) is 0 Å². The monoisotopic (exact) mass is 517 g/mol. The quantitative estimate of drug-likeness (QED) is 0.501. The summed E-state index contributed by atoms with van der Waals surface area (Å²) < 4.78 is 40.2. The lowest BCUT2D eigenvalue weighted by Gasteiger charge is -2.47. The number of amides is 1. The predicted octanol–water partition coefficient (Wildman–Crippen LogP) is 2.00.